The summed E-state index contributed by atoms with van der Waals surface area (Å²) >= 11 is 0. The zero-order valence-corrected chi connectivity index (χ0v) is 11.6. The Morgan fingerprint density at radius 2 is 2.28 bits per heavy atom. The minimum atomic E-state index is 0.488. The Kier molecular flexibility index (Phi) is 5.20. The van der Waals surface area contributed by atoms with Gasteiger partial charge in [0.2, 0.25) is 0 Å². The van der Waals surface area contributed by atoms with Gasteiger partial charge in [0.15, 0.2) is 0 Å². The van der Waals surface area contributed by atoms with Gasteiger partial charge in [0.1, 0.15) is 0 Å². The number of aromatic nitrogens is 2. The van der Waals surface area contributed by atoms with Crippen molar-refractivity contribution in [2.75, 3.05) is 26.8 Å². The molecule has 0 aromatic carbocycles. The van der Waals surface area contributed by atoms with E-state index in [1.165, 1.54) is 30.7 Å². The van der Waals surface area contributed by atoms with Crippen LogP contribution in [0.2, 0.25) is 0 Å². The summed E-state index contributed by atoms with van der Waals surface area (Å²) in [4.78, 5) is 4.55. The van der Waals surface area contributed by atoms with Crippen molar-refractivity contribution in [2.45, 2.75) is 45.1 Å². The average molecular weight is 251 g/mol. The van der Waals surface area contributed by atoms with E-state index in [-0.39, 0.29) is 0 Å². The molecule has 0 radical (unpaired) electrons. The van der Waals surface area contributed by atoms with Crippen LogP contribution in [0, 0.1) is 0 Å². The fraction of sp³-hybridized carbons (Fsp3) is 0.786. The first-order chi connectivity index (χ1) is 8.83. The number of nitrogens with one attached hydrogen (secondary N) is 1. The molecule has 1 aliphatic carbocycles. The average Bonchev–Trinajstić information content (AvgIpc) is 2.82. The standard InChI is InChI=1S/C14H25N3O/c1-12(10-15-8-5-9-18-2)17-11-16-13-6-3-4-7-14(13)17/h11-12,15H,3-10H2,1-2H3. The predicted octanol–water partition coefficient (Wildman–Crippen LogP) is 1.95. The summed E-state index contributed by atoms with van der Waals surface area (Å²) in [7, 11) is 1.75. The van der Waals surface area contributed by atoms with E-state index in [0.29, 0.717) is 6.04 Å². The molecule has 102 valence electrons. The first kappa shape index (κ1) is 13.6. The molecule has 1 heterocycles. The second kappa shape index (κ2) is 6.90. The monoisotopic (exact) mass is 251 g/mol. The topological polar surface area (TPSA) is 39.1 Å². The highest BCUT2D eigenvalue weighted by molar-refractivity contribution is 5.17. The number of ether oxygens (including phenoxy) is 1. The highest BCUT2D eigenvalue weighted by atomic mass is 16.5. The molecule has 18 heavy (non-hydrogen) atoms. The van der Waals surface area contributed by atoms with Gasteiger partial charge in [-0.1, -0.05) is 0 Å². The van der Waals surface area contributed by atoms with Gasteiger partial charge in [0.05, 0.1) is 12.0 Å². The van der Waals surface area contributed by atoms with Crippen LogP contribution < -0.4 is 5.32 Å². The molecule has 1 unspecified atom stereocenters. The zero-order valence-electron chi connectivity index (χ0n) is 11.6. The van der Waals surface area contributed by atoms with Gasteiger partial charge in [-0.3, -0.25) is 0 Å². The molecule has 0 amide bonds. The molecule has 0 aliphatic heterocycles. The van der Waals surface area contributed by atoms with Crippen LogP contribution in [0.25, 0.3) is 0 Å². The number of hydrogen-bond acceptors (Lipinski definition) is 3. The SMILES string of the molecule is COCCCNCC(C)n1cnc2c1CCCC2. The van der Waals surface area contributed by atoms with Gasteiger partial charge >= 0.3 is 0 Å². The minimum absolute atomic E-state index is 0.488. The summed E-state index contributed by atoms with van der Waals surface area (Å²) in [5, 5.41) is 3.49. The van der Waals surface area contributed by atoms with Crippen LogP contribution in [0.4, 0.5) is 0 Å². The lowest BCUT2D eigenvalue weighted by Gasteiger charge is -2.20. The molecule has 1 aliphatic rings. The second-order valence-corrected chi connectivity index (χ2v) is 5.15. The number of methoxy groups -OCH3 is 1. The van der Waals surface area contributed by atoms with Crippen LogP contribution in [-0.2, 0) is 17.6 Å². The maximum atomic E-state index is 5.04. The summed E-state index contributed by atoms with van der Waals surface area (Å²) in [6.45, 7) is 5.13. The maximum absolute atomic E-state index is 5.04. The van der Waals surface area contributed by atoms with E-state index in [0.717, 1.165) is 32.5 Å². The molecule has 4 nitrogen and oxygen atoms in total. The normalized spacial score (nSPS) is 16.6. The van der Waals surface area contributed by atoms with Crippen molar-refractivity contribution in [3.63, 3.8) is 0 Å². The van der Waals surface area contributed by atoms with Gasteiger partial charge in [-0.2, -0.15) is 0 Å². The Morgan fingerprint density at radius 3 is 3.11 bits per heavy atom. The number of nitrogens with zero attached hydrogens (tertiary/aromatic N) is 2. The van der Waals surface area contributed by atoms with Crippen LogP contribution >= 0.6 is 0 Å². The van der Waals surface area contributed by atoms with Crippen molar-refractivity contribution < 1.29 is 4.74 Å². The van der Waals surface area contributed by atoms with E-state index in [4.69, 9.17) is 4.74 Å². The Bertz CT molecular complexity index is 362. The maximum Gasteiger partial charge on any atom is 0.0954 e. The Labute approximate surface area is 110 Å². The molecule has 1 aromatic rings. The van der Waals surface area contributed by atoms with Gasteiger partial charge in [-0.25, -0.2) is 4.98 Å². The molecule has 0 spiro atoms. The fourth-order valence-electron chi connectivity index (χ4n) is 2.62. The highest BCUT2D eigenvalue weighted by Crippen LogP contribution is 2.22. The van der Waals surface area contributed by atoms with Crippen molar-refractivity contribution >= 4 is 0 Å². The molecule has 1 atom stereocenters. The lowest BCUT2D eigenvalue weighted by Crippen LogP contribution is -2.26. The van der Waals surface area contributed by atoms with Crippen molar-refractivity contribution in [1.82, 2.24) is 14.9 Å². The summed E-state index contributed by atoms with van der Waals surface area (Å²) in [6.07, 6.45) is 8.07. The quantitative estimate of drug-likeness (QED) is 0.753. The van der Waals surface area contributed by atoms with Crippen LogP contribution in [0.3, 0.4) is 0 Å². The minimum Gasteiger partial charge on any atom is -0.385 e. The van der Waals surface area contributed by atoms with Crippen LogP contribution in [-0.4, -0.2) is 36.4 Å². The van der Waals surface area contributed by atoms with E-state index < -0.39 is 0 Å². The second-order valence-electron chi connectivity index (χ2n) is 5.15. The third-order valence-corrected chi connectivity index (χ3v) is 3.68. The van der Waals surface area contributed by atoms with Crippen molar-refractivity contribution in [2.24, 2.45) is 0 Å². The number of imidazole rings is 1. The van der Waals surface area contributed by atoms with E-state index in [1.807, 2.05) is 6.33 Å². The van der Waals surface area contributed by atoms with E-state index in [1.54, 1.807) is 7.11 Å². The van der Waals surface area contributed by atoms with Crippen LogP contribution in [0.1, 0.15) is 43.6 Å². The molecule has 0 saturated carbocycles. The number of fused-ring (bicyclic) bond motifs is 1. The molecule has 0 saturated heterocycles. The largest absolute Gasteiger partial charge is 0.385 e. The van der Waals surface area contributed by atoms with Crippen molar-refractivity contribution in [1.29, 1.82) is 0 Å². The lowest BCUT2D eigenvalue weighted by molar-refractivity contribution is 0.194. The lowest BCUT2D eigenvalue weighted by atomic mass is 10.0. The molecular formula is C14H25N3O. The smallest absolute Gasteiger partial charge is 0.0954 e. The first-order valence-corrected chi connectivity index (χ1v) is 7.07. The van der Waals surface area contributed by atoms with Crippen LogP contribution in [0.5, 0.6) is 0 Å². The zero-order chi connectivity index (χ0) is 12.8. The van der Waals surface area contributed by atoms with E-state index >= 15 is 0 Å². The van der Waals surface area contributed by atoms with Gasteiger partial charge in [0, 0.05) is 32.0 Å². The van der Waals surface area contributed by atoms with Gasteiger partial charge in [-0.15, -0.1) is 0 Å². The molecular weight excluding hydrogens is 226 g/mol. The molecule has 1 N–H and O–H groups in total. The Hall–Kier alpha value is -0.870. The van der Waals surface area contributed by atoms with E-state index in [2.05, 4.69) is 21.8 Å². The summed E-state index contributed by atoms with van der Waals surface area (Å²) in [5.41, 5.74) is 2.79. The summed E-state index contributed by atoms with van der Waals surface area (Å²) in [6, 6.07) is 0.488. The van der Waals surface area contributed by atoms with Gasteiger partial charge < -0.3 is 14.6 Å². The third-order valence-electron chi connectivity index (χ3n) is 3.68. The predicted molar refractivity (Wildman–Crippen MR) is 72.9 cm³/mol. The van der Waals surface area contributed by atoms with E-state index in [9.17, 15) is 0 Å². The number of aryl methyl sites for hydroxylation is 1. The van der Waals surface area contributed by atoms with Gasteiger partial charge in [0.25, 0.3) is 0 Å². The summed E-state index contributed by atoms with van der Waals surface area (Å²) in [5.74, 6) is 0. The first-order valence-electron chi connectivity index (χ1n) is 7.07. The number of hydrogen-bond donors (Lipinski definition) is 1. The summed E-state index contributed by atoms with van der Waals surface area (Å²) < 4.78 is 7.40. The molecule has 0 bridgehead atoms. The van der Waals surface area contributed by atoms with Crippen LogP contribution in [0.15, 0.2) is 6.33 Å². The van der Waals surface area contributed by atoms with Crippen molar-refractivity contribution in [3.05, 3.63) is 17.7 Å². The molecule has 0 fully saturated rings. The Morgan fingerprint density at radius 1 is 1.44 bits per heavy atom. The Balaban J connectivity index is 1.81. The molecule has 4 heteroatoms. The number of rotatable bonds is 7. The highest BCUT2D eigenvalue weighted by Gasteiger charge is 2.17. The van der Waals surface area contributed by atoms with Gasteiger partial charge in [-0.05, 0) is 45.6 Å². The van der Waals surface area contributed by atoms with Crippen molar-refractivity contribution in [3.8, 4) is 0 Å². The third kappa shape index (κ3) is 3.33. The molecule has 1 aromatic heterocycles. The molecule has 2 rings (SSSR count). The fourth-order valence-corrected chi connectivity index (χ4v) is 2.62.